The molecule has 68 valence electrons. The van der Waals surface area contributed by atoms with Gasteiger partial charge in [-0.25, -0.2) is 0 Å². The number of hydrogen-bond acceptors (Lipinski definition) is 1. The van der Waals surface area contributed by atoms with E-state index in [1.165, 1.54) is 6.42 Å². The molecule has 0 spiro atoms. The molecule has 0 heterocycles. The lowest BCUT2D eigenvalue weighted by molar-refractivity contribution is 0.174. The fourth-order valence-electron chi connectivity index (χ4n) is 1.47. The Hall–Kier alpha value is -0.300. The van der Waals surface area contributed by atoms with Gasteiger partial charge in [-0.05, 0) is 31.8 Å². The molecule has 0 aromatic heterocycles. The van der Waals surface area contributed by atoms with Gasteiger partial charge in [0.25, 0.3) is 0 Å². The summed E-state index contributed by atoms with van der Waals surface area (Å²) in [6.07, 6.45) is 8.22. The van der Waals surface area contributed by atoms with Crippen LogP contribution in [-0.4, -0.2) is 17.6 Å². The van der Waals surface area contributed by atoms with Gasteiger partial charge in [-0.2, -0.15) is 0 Å². The molecule has 0 saturated heterocycles. The van der Waals surface area contributed by atoms with Crippen molar-refractivity contribution in [2.45, 2.75) is 32.2 Å². The van der Waals surface area contributed by atoms with Crippen LogP contribution in [0.5, 0.6) is 0 Å². The van der Waals surface area contributed by atoms with E-state index in [9.17, 15) is 0 Å². The lowest BCUT2D eigenvalue weighted by atomic mass is 9.69. The highest BCUT2D eigenvalue weighted by Crippen LogP contribution is 2.42. The van der Waals surface area contributed by atoms with Gasteiger partial charge in [0.15, 0.2) is 0 Å². The first kappa shape index (κ1) is 9.79. The summed E-state index contributed by atoms with van der Waals surface area (Å²) < 4.78 is 0. The van der Waals surface area contributed by atoms with Crippen molar-refractivity contribution in [2.24, 2.45) is 10.9 Å². The van der Waals surface area contributed by atoms with Crippen molar-refractivity contribution in [2.75, 3.05) is 5.88 Å². The van der Waals surface area contributed by atoms with Crippen molar-refractivity contribution in [3.8, 4) is 0 Å². The molecular weight excluding hydrogens is 170 g/mol. The second kappa shape index (κ2) is 4.08. The summed E-state index contributed by atoms with van der Waals surface area (Å²) in [7, 11) is 0. The van der Waals surface area contributed by atoms with Crippen LogP contribution < -0.4 is 0 Å². The topological polar surface area (TPSA) is 12.4 Å². The summed E-state index contributed by atoms with van der Waals surface area (Å²) in [4.78, 5) is 4.51. The maximum atomic E-state index is 5.90. The molecule has 2 atom stereocenters. The molecule has 1 nitrogen and oxygen atoms in total. The highest BCUT2D eigenvalue weighted by atomic mass is 35.5. The summed E-state index contributed by atoms with van der Waals surface area (Å²) in [6, 6.07) is 0. The highest BCUT2D eigenvalue weighted by Gasteiger charge is 2.42. The van der Waals surface area contributed by atoms with Crippen molar-refractivity contribution < 1.29 is 0 Å². The fourth-order valence-corrected chi connectivity index (χ4v) is 1.93. The number of alkyl halides is 1. The average molecular weight is 186 g/mol. The number of nitrogens with zero attached hydrogens (tertiary/aromatic N) is 1. The molecule has 0 amide bonds. The quantitative estimate of drug-likeness (QED) is 0.474. The Morgan fingerprint density at radius 1 is 1.67 bits per heavy atom. The van der Waals surface area contributed by atoms with Crippen molar-refractivity contribution in [1.82, 2.24) is 0 Å². The van der Waals surface area contributed by atoms with Crippen LogP contribution >= 0.6 is 11.6 Å². The minimum atomic E-state index is 0.0566. The molecule has 0 radical (unpaired) electrons. The van der Waals surface area contributed by atoms with Gasteiger partial charge in [-0.15, -0.1) is 11.6 Å². The highest BCUT2D eigenvalue weighted by molar-refractivity contribution is 6.18. The van der Waals surface area contributed by atoms with Crippen molar-refractivity contribution in [3.05, 3.63) is 12.2 Å². The van der Waals surface area contributed by atoms with E-state index in [-0.39, 0.29) is 5.54 Å². The normalized spacial score (nSPS) is 36.1. The molecule has 2 unspecified atom stereocenters. The molecule has 1 rings (SSSR count). The number of aliphatic imine (C=N–C) groups is 1. The van der Waals surface area contributed by atoms with E-state index in [0.717, 1.165) is 6.42 Å². The van der Waals surface area contributed by atoms with Gasteiger partial charge in [-0.1, -0.05) is 13.0 Å². The lowest BCUT2D eigenvalue weighted by Gasteiger charge is -2.43. The monoisotopic (exact) mass is 185 g/mol. The summed E-state index contributed by atoms with van der Waals surface area (Å²) in [5, 5.41) is 0. The van der Waals surface area contributed by atoms with Crippen LogP contribution in [0.3, 0.4) is 0 Å². The molecule has 1 aliphatic carbocycles. The van der Waals surface area contributed by atoms with Crippen molar-refractivity contribution in [1.29, 1.82) is 0 Å². The van der Waals surface area contributed by atoms with E-state index in [0.29, 0.717) is 11.8 Å². The molecule has 0 aliphatic heterocycles. The first-order valence-corrected chi connectivity index (χ1v) is 5.01. The smallest absolute Gasteiger partial charge is 0.0768 e. The standard InChI is InChI=1S/C10H16ClN/c1-3-4-7-12-10(8-11)6-5-9(10)2/h3-4,7,9H,5-6,8H2,1-2H3/b4-3-,12-7?. The van der Waals surface area contributed by atoms with Crippen LogP contribution in [-0.2, 0) is 0 Å². The molecule has 2 heteroatoms. The molecular formula is C10H16ClN. The van der Waals surface area contributed by atoms with Crippen LogP contribution in [0.2, 0.25) is 0 Å². The van der Waals surface area contributed by atoms with Crippen LogP contribution in [0.15, 0.2) is 17.1 Å². The fraction of sp³-hybridized carbons (Fsp3) is 0.700. The van der Waals surface area contributed by atoms with Crippen LogP contribution in [0.25, 0.3) is 0 Å². The van der Waals surface area contributed by atoms with Crippen molar-refractivity contribution >= 4 is 17.8 Å². The third-order valence-electron chi connectivity index (χ3n) is 2.77. The lowest BCUT2D eigenvalue weighted by Crippen LogP contribution is -2.45. The summed E-state index contributed by atoms with van der Waals surface area (Å²) in [6.45, 7) is 4.21. The Kier molecular flexibility index (Phi) is 3.33. The molecule has 1 saturated carbocycles. The van der Waals surface area contributed by atoms with E-state index >= 15 is 0 Å². The Bertz CT molecular complexity index is 194. The number of rotatable bonds is 3. The van der Waals surface area contributed by atoms with E-state index < -0.39 is 0 Å². The van der Waals surface area contributed by atoms with Gasteiger partial charge in [0.2, 0.25) is 0 Å². The summed E-state index contributed by atoms with van der Waals surface area (Å²) in [5.74, 6) is 1.30. The van der Waals surface area contributed by atoms with Crippen molar-refractivity contribution in [3.63, 3.8) is 0 Å². The minimum Gasteiger partial charge on any atom is -0.285 e. The van der Waals surface area contributed by atoms with E-state index in [1.54, 1.807) is 0 Å². The summed E-state index contributed by atoms with van der Waals surface area (Å²) >= 11 is 5.90. The SMILES string of the molecule is C/C=C\C=NC1(CCl)CCC1C. The van der Waals surface area contributed by atoms with Gasteiger partial charge in [0.1, 0.15) is 0 Å². The third kappa shape index (κ3) is 1.71. The minimum absolute atomic E-state index is 0.0566. The summed E-state index contributed by atoms with van der Waals surface area (Å²) in [5.41, 5.74) is 0.0566. The average Bonchev–Trinajstić information content (AvgIpc) is 2.10. The largest absolute Gasteiger partial charge is 0.285 e. The van der Waals surface area contributed by atoms with Gasteiger partial charge in [0.05, 0.1) is 5.54 Å². The maximum Gasteiger partial charge on any atom is 0.0768 e. The maximum absolute atomic E-state index is 5.90. The van der Waals surface area contributed by atoms with Gasteiger partial charge < -0.3 is 0 Å². The number of allylic oxidation sites excluding steroid dienone is 2. The second-order valence-electron chi connectivity index (χ2n) is 3.48. The zero-order valence-electron chi connectivity index (χ0n) is 7.76. The predicted molar refractivity (Wildman–Crippen MR) is 55.2 cm³/mol. The van der Waals surface area contributed by atoms with E-state index in [4.69, 9.17) is 11.6 Å². The Labute approximate surface area is 79.5 Å². The second-order valence-corrected chi connectivity index (χ2v) is 3.75. The Morgan fingerprint density at radius 2 is 2.42 bits per heavy atom. The molecule has 1 fully saturated rings. The van der Waals surface area contributed by atoms with Gasteiger partial charge in [0, 0.05) is 12.1 Å². The number of halogens is 1. The van der Waals surface area contributed by atoms with Crippen LogP contribution in [0, 0.1) is 5.92 Å². The molecule has 0 bridgehead atoms. The Balaban J connectivity index is 2.56. The zero-order valence-corrected chi connectivity index (χ0v) is 8.51. The first-order valence-electron chi connectivity index (χ1n) is 4.47. The predicted octanol–water partition coefficient (Wildman–Crippen LogP) is 3.04. The van der Waals surface area contributed by atoms with E-state index in [2.05, 4.69) is 11.9 Å². The van der Waals surface area contributed by atoms with Crippen LogP contribution in [0.1, 0.15) is 26.7 Å². The molecule has 1 aliphatic rings. The molecule has 0 N–H and O–H groups in total. The molecule has 12 heavy (non-hydrogen) atoms. The van der Waals surface area contributed by atoms with Gasteiger partial charge in [-0.3, -0.25) is 4.99 Å². The zero-order chi connectivity index (χ0) is 9.03. The van der Waals surface area contributed by atoms with Gasteiger partial charge >= 0.3 is 0 Å². The Morgan fingerprint density at radius 3 is 2.75 bits per heavy atom. The first-order chi connectivity index (χ1) is 5.75. The van der Waals surface area contributed by atoms with E-state index in [1.807, 2.05) is 25.3 Å². The van der Waals surface area contributed by atoms with Crippen LogP contribution in [0.4, 0.5) is 0 Å². The molecule has 0 aromatic carbocycles. The third-order valence-corrected chi connectivity index (χ3v) is 3.23. The number of hydrogen-bond donors (Lipinski definition) is 0. The molecule has 0 aromatic rings.